The van der Waals surface area contributed by atoms with Crippen molar-refractivity contribution in [2.45, 2.75) is 32.9 Å². The van der Waals surface area contributed by atoms with Gasteiger partial charge in [-0.1, -0.05) is 45.8 Å². The van der Waals surface area contributed by atoms with Crippen LogP contribution >= 0.6 is 28.1 Å². The molecule has 0 unspecified atom stereocenters. The molecule has 0 bridgehead atoms. The highest BCUT2D eigenvalue weighted by Crippen LogP contribution is 2.43. The first-order valence-corrected chi connectivity index (χ1v) is 12.2. The minimum Gasteiger partial charge on any atom is -0.351 e. The Morgan fingerprint density at radius 3 is 2.39 bits per heavy atom. The lowest BCUT2D eigenvalue weighted by atomic mass is 9.96. The Bertz CT molecular complexity index is 1310. The number of aromatic nitrogens is 2. The van der Waals surface area contributed by atoms with Gasteiger partial charge >= 0.3 is 0 Å². The van der Waals surface area contributed by atoms with Gasteiger partial charge in [0.15, 0.2) is 5.11 Å². The van der Waals surface area contributed by atoms with Crippen LogP contribution in [-0.4, -0.2) is 14.7 Å². The van der Waals surface area contributed by atoms with Crippen LogP contribution in [0.2, 0.25) is 0 Å². The van der Waals surface area contributed by atoms with Gasteiger partial charge in [0.05, 0.1) is 17.8 Å². The topological polar surface area (TPSA) is 33.1 Å². The Morgan fingerprint density at radius 2 is 1.70 bits per heavy atom. The Hall–Kier alpha value is -2.96. The standard InChI is InChI=1S/C27H25BrN4S/c1-17-10-12-21(13-11-17)32-26(25(30-27(32)33)24-9-4-5-14-29-24)23-15-18(2)31(19(23)3)22-8-6-7-20(28)16-22/h4-16,25-26H,1-3H3,(H,30,33)/t25-,26-/m1/s1. The van der Waals surface area contributed by atoms with Gasteiger partial charge in [-0.05, 0) is 87.1 Å². The van der Waals surface area contributed by atoms with Crippen molar-refractivity contribution in [2.24, 2.45) is 0 Å². The molecule has 4 nitrogen and oxygen atoms in total. The quantitative estimate of drug-likeness (QED) is 0.304. The average Bonchev–Trinajstić information content (AvgIpc) is 3.30. The molecule has 1 aliphatic heterocycles. The highest BCUT2D eigenvalue weighted by atomic mass is 79.9. The molecule has 1 saturated heterocycles. The van der Waals surface area contributed by atoms with Crippen LogP contribution < -0.4 is 10.2 Å². The van der Waals surface area contributed by atoms with Crippen molar-refractivity contribution in [3.8, 4) is 5.69 Å². The third-order valence-electron chi connectivity index (χ3n) is 6.27. The molecule has 3 heterocycles. The number of halogens is 1. The van der Waals surface area contributed by atoms with E-state index < -0.39 is 0 Å². The lowest BCUT2D eigenvalue weighted by Crippen LogP contribution is -2.29. The first-order valence-electron chi connectivity index (χ1n) is 11.0. The van der Waals surface area contributed by atoms with E-state index >= 15 is 0 Å². The predicted octanol–water partition coefficient (Wildman–Crippen LogP) is 6.74. The molecule has 1 fully saturated rings. The van der Waals surface area contributed by atoms with Crippen LogP contribution in [0.3, 0.4) is 0 Å². The summed E-state index contributed by atoms with van der Waals surface area (Å²) >= 11 is 9.50. The molecule has 0 aliphatic carbocycles. The summed E-state index contributed by atoms with van der Waals surface area (Å²) in [6.07, 6.45) is 1.84. The van der Waals surface area contributed by atoms with Crippen molar-refractivity contribution in [3.05, 3.63) is 112 Å². The highest BCUT2D eigenvalue weighted by Gasteiger charge is 2.42. The second-order valence-corrected chi connectivity index (χ2v) is 9.78. The molecule has 0 saturated carbocycles. The number of hydrogen-bond acceptors (Lipinski definition) is 2. The molecule has 4 aromatic rings. The van der Waals surface area contributed by atoms with Gasteiger partial charge < -0.3 is 14.8 Å². The van der Waals surface area contributed by atoms with E-state index in [4.69, 9.17) is 12.2 Å². The normalized spacial score (nSPS) is 17.9. The lowest BCUT2D eigenvalue weighted by molar-refractivity contribution is 0.565. The van der Waals surface area contributed by atoms with Gasteiger partial charge in [-0.2, -0.15) is 0 Å². The number of rotatable bonds is 4. The van der Waals surface area contributed by atoms with Gasteiger partial charge in [-0.15, -0.1) is 0 Å². The summed E-state index contributed by atoms with van der Waals surface area (Å²) in [6, 6.07) is 25.2. The van der Waals surface area contributed by atoms with Crippen molar-refractivity contribution >= 4 is 38.9 Å². The van der Waals surface area contributed by atoms with E-state index in [1.165, 1.54) is 22.5 Å². The molecule has 0 amide bonds. The maximum atomic E-state index is 5.88. The summed E-state index contributed by atoms with van der Waals surface area (Å²) in [4.78, 5) is 6.92. The van der Waals surface area contributed by atoms with Gasteiger partial charge in [0.1, 0.15) is 0 Å². The van der Waals surface area contributed by atoms with Gasteiger partial charge in [0.25, 0.3) is 0 Å². The van der Waals surface area contributed by atoms with Crippen LogP contribution in [0.5, 0.6) is 0 Å². The second kappa shape index (κ2) is 8.76. The first kappa shape index (κ1) is 21.9. The van der Waals surface area contributed by atoms with Crippen LogP contribution in [0.4, 0.5) is 5.69 Å². The van der Waals surface area contributed by atoms with Crippen molar-refractivity contribution in [1.29, 1.82) is 0 Å². The van der Waals surface area contributed by atoms with E-state index in [-0.39, 0.29) is 12.1 Å². The number of hydrogen-bond donors (Lipinski definition) is 1. The Morgan fingerprint density at radius 1 is 0.909 bits per heavy atom. The molecular formula is C27H25BrN4S. The fraction of sp³-hybridized carbons (Fsp3) is 0.185. The van der Waals surface area contributed by atoms with Gasteiger partial charge in [0.2, 0.25) is 0 Å². The monoisotopic (exact) mass is 516 g/mol. The number of nitrogens with one attached hydrogen (secondary N) is 1. The van der Waals surface area contributed by atoms with Gasteiger partial charge in [-0.3, -0.25) is 4.98 Å². The van der Waals surface area contributed by atoms with Crippen molar-refractivity contribution in [1.82, 2.24) is 14.9 Å². The summed E-state index contributed by atoms with van der Waals surface area (Å²) in [7, 11) is 0. The Balaban J connectivity index is 1.68. The zero-order chi connectivity index (χ0) is 23.1. The van der Waals surface area contributed by atoms with E-state index in [2.05, 4.69) is 111 Å². The van der Waals surface area contributed by atoms with Crippen molar-refractivity contribution in [2.75, 3.05) is 4.90 Å². The van der Waals surface area contributed by atoms with E-state index in [1.54, 1.807) is 0 Å². The third-order valence-corrected chi connectivity index (χ3v) is 7.07. The first-order chi connectivity index (χ1) is 15.9. The SMILES string of the molecule is Cc1ccc(N2C(=S)N[C@H](c3ccccn3)[C@H]2c2cc(C)n(-c3cccc(Br)c3)c2C)cc1. The molecule has 2 aromatic carbocycles. The summed E-state index contributed by atoms with van der Waals surface area (Å²) in [6.45, 7) is 6.45. The van der Waals surface area contributed by atoms with Crippen LogP contribution in [0, 0.1) is 20.8 Å². The molecule has 2 aromatic heterocycles. The summed E-state index contributed by atoms with van der Waals surface area (Å²) < 4.78 is 3.37. The molecular weight excluding hydrogens is 492 g/mol. The average molecular weight is 517 g/mol. The zero-order valence-electron chi connectivity index (χ0n) is 18.8. The summed E-state index contributed by atoms with van der Waals surface area (Å²) in [5.74, 6) is 0. The molecule has 6 heteroatoms. The number of thiocarbonyl (C=S) groups is 1. The molecule has 5 rings (SSSR count). The van der Waals surface area contributed by atoms with E-state index in [0.29, 0.717) is 5.11 Å². The minimum absolute atomic E-state index is 0.0257. The van der Waals surface area contributed by atoms with Crippen molar-refractivity contribution < 1.29 is 0 Å². The Kier molecular flexibility index (Phi) is 5.81. The number of aryl methyl sites for hydroxylation is 2. The van der Waals surface area contributed by atoms with E-state index in [1.807, 2.05) is 24.4 Å². The van der Waals surface area contributed by atoms with Crippen LogP contribution in [0.15, 0.2) is 83.5 Å². The summed E-state index contributed by atoms with van der Waals surface area (Å²) in [5.41, 5.74) is 8.02. The maximum absolute atomic E-state index is 5.88. The van der Waals surface area contributed by atoms with Crippen LogP contribution in [0.25, 0.3) is 5.69 Å². The maximum Gasteiger partial charge on any atom is 0.174 e. The fourth-order valence-corrected chi connectivity index (χ4v) is 5.49. The van der Waals surface area contributed by atoms with E-state index in [9.17, 15) is 0 Å². The molecule has 33 heavy (non-hydrogen) atoms. The molecule has 0 spiro atoms. The molecule has 166 valence electrons. The zero-order valence-corrected chi connectivity index (χ0v) is 21.2. The number of nitrogens with zero attached hydrogens (tertiary/aromatic N) is 3. The Labute approximate surface area is 208 Å². The van der Waals surface area contributed by atoms with Crippen LogP contribution in [-0.2, 0) is 0 Å². The second-order valence-electron chi connectivity index (χ2n) is 8.47. The largest absolute Gasteiger partial charge is 0.351 e. The molecule has 0 radical (unpaired) electrons. The fourth-order valence-electron chi connectivity index (χ4n) is 4.75. The lowest BCUT2D eigenvalue weighted by Gasteiger charge is -2.28. The predicted molar refractivity (Wildman–Crippen MR) is 142 cm³/mol. The number of pyridine rings is 1. The highest BCUT2D eigenvalue weighted by molar-refractivity contribution is 9.10. The molecule has 2 atom stereocenters. The van der Waals surface area contributed by atoms with Gasteiger partial charge in [0, 0.05) is 33.4 Å². The van der Waals surface area contributed by atoms with E-state index in [0.717, 1.165) is 21.5 Å². The smallest absolute Gasteiger partial charge is 0.174 e. The number of anilines is 1. The van der Waals surface area contributed by atoms with Gasteiger partial charge in [-0.25, -0.2) is 0 Å². The molecule has 1 N–H and O–H groups in total. The van der Waals surface area contributed by atoms with Crippen LogP contribution in [0.1, 0.15) is 40.3 Å². The van der Waals surface area contributed by atoms with Crippen molar-refractivity contribution in [3.63, 3.8) is 0 Å². The molecule has 1 aliphatic rings. The number of benzene rings is 2. The minimum atomic E-state index is -0.0588. The summed E-state index contributed by atoms with van der Waals surface area (Å²) in [5, 5.41) is 4.28. The third kappa shape index (κ3) is 3.98.